The summed E-state index contributed by atoms with van der Waals surface area (Å²) in [7, 11) is 0. The summed E-state index contributed by atoms with van der Waals surface area (Å²) in [6.07, 6.45) is 7.17. The molecule has 8 heteroatoms. The number of hydrogen-bond donors (Lipinski definition) is 1. The van der Waals surface area contributed by atoms with E-state index in [1.54, 1.807) is 12.5 Å². The maximum Gasteiger partial charge on any atom is 0.143 e. The molecule has 36 heavy (non-hydrogen) atoms. The standard InChI is InChI=1S/C28H30N6O2/c29-22-16-34(17-22)24-5-6-30-23(14-24)15-25(35)11-19-1-3-20(4-2-19)21-12-26-27(13-21)31-18-32-28(26)33-7-9-36-10-8-33/h1-6,12,14,18,22H,7-11,13,15-17,29H2. The van der Waals surface area contributed by atoms with E-state index in [4.69, 9.17) is 10.5 Å². The molecular formula is C28H30N6O2. The van der Waals surface area contributed by atoms with Crippen molar-refractivity contribution in [1.82, 2.24) is 15.0 Å². The zero-order valence-electron chi connectivity index (χ0n) is 20.3. The molecule has 184 valence electrons. The molecule has 2 N–H and O–H groups in total. The molecule has 8 nitrogen and oxygen atoms in total. The van der Waals surface area contributed by atoms with Crippen LogP contribution in [0.1, 0.15) is 28.1 Å². The lowest BCUT2D eigenvalue weighted by Gasteiger charge is -2.38. The lowest BCUT2D eigenvalue weighted by molar-refractivity contribution is -0.117. The van der Waals surface area contributed by atoms with Gasteiger partial charge in [-0.1, -0.05) is 24.3 Å². The van der Waals surface area contributed by atoms with E-state index in [1.165, 1.54) is 5.57 Å². The molecule has 2 aliphatic heterocycles. The number of rotatable bonds is 7. The van der Waals surface area contributed by atoms with E-state index in [-0.39, 0.29) is 11.8 Å². The summed E-state index contributed by atoms with van der Waals surface area (Å²) in [6, 6.07) is 12.5. The Morgan fingerprint density at radius 3 is 2.58 bits per heavy atom. The van der Waals surface area contributed by atoms with E-state index in [1.807, 2.05) is 12.1 Å². The minimum atomic E-state index is 0.158. The average molecular weight is 483 g/mol. The van der Waals surface area contributed by atoms with Gasteiger partial charge < -0.3 is 20.3 Å². The fourth-order valence-corrected chi connectivity index (χ4v) is 5.14. The Bertz CT molecular complexity index is 1290. The predicted octanol–water partition coefficient (Wildman–Crippen LogP) is 2.31. The van der Waals surface area contributed by atoms with Gasteiger partial charge in [-0.05, 0) is 34.9 Å². The van der Waals surface area contributed by atoms with Crippen molar-refractivity contribution in [3.8, 4) is 0 Å². The lowest BCUT2D eigenvalue weighted by atomic mass is 10.00. The highest BCUT2D eigenvalue weighted by molar-refractivity contribution is 5.91. The van der Waals surface area contributed by atoms with E-state index in [9.17, 15) is 4.79 Å². The molecular weight excluding hydrogens is 452 g/mol. The zero-order valence-corrected chi connectivity index (χ0v) is 20.3. The Morgan fingerprint density at radius 1 is 1.00 bits per heavy atom. The van der Waals surface area contributed by atoms with Crippen molar-refractivity contribution in [1.29, 1.82) is 0 Å². The van der Waals surface area contributed by atoms with Gasteiger partial charge in [0.2, 0.25) is 0 Å². The number of ketones is 1. The Morgan fingerprint density at radius 2 is 1.81 bits per heavy atom. The number of carbonyl (C=O) groups excluding carboxylic acids is 1. The van der Waals surface area contributed by atoms with E-state index >= 15 is 0 Å². The number of anilines is 2. The molecule has 0 bridgehead atoms. The monoisotopic (exact) mass is 482 g/mol. The van der Waals surface area contributed by atoms with Crippen LogP contribution in [0.15, 0.2) is 48.9 Å². The van der Waals surface area contributed by atoms with E-state index < -0.39 is 0 Å². The maximum absolute atomic E-state index is 12.8. The number of benzene rings is 1. The number of carbonyl (C=O) groups is 1. The normalized spacial score (nSPS) is 17.5. The number of ether oxygens (including phenoxy) is 1. The second-order valence-corrected chi connectivity index (χ2v) is 9.76. The first-order valence-corrected chi connectivity index (χ1v) is 12.6. The number of nitrogens with two attached hydrogens (primary N) is 1. The molecule has 0 atom stereocenters. The number of hydrogen-bond acceptors (Lipinski definition) is 8. The van der Waals surface area contributed by atoms with Crippen molar-refractivity contribution in [3.63, 3.8) is 0 Å². The van der Waals surface area contributed by atoms with Gasteiger partial charge in [-0.2, -0.15) is 0 Å². The Hall–Kier alpha value is -3.62. The summed E-state index contributed by atoms with van der Waals surface area (Å²) in [5, 5.41) is 0. The number of pyridine rings is 1. The van der Waals surface area contributed by atoms with Crippen molar-refractivity contribution < 1.29 is 9.53 Å². The first-order chi connectivity index (χ1) is 17.6. The summed E-state index contributed by atoms with van der Waals surface area (Å²) in [5.74, 6) is 1.15. The van der Waals surface area contributed by atoms with Gasteiger partial charge in [-0.25, -0.2) is 9.97 Å². The molecule has 0 amide bonds. The van der Waals surface area contributed by atoms with Gasteiger partial charge >= 0.3 is 0 Å². The van der Waals surface area contributed by atoms with Crippen LogP contribution in [0.4, 0.5) is 11.5 Å². The highest BCUT2D eigenvalue weighted by Crippen LogP contribution is 2.35. The van der Waals surface area contributed by atoms with Gasteiger partial charge in [0.15, 0.2) is 0 Å². The highest BCUT2D eigenvalue weighted by Gasteiger charge is 2.24. The lowest BCUT2D eigenvalue weighted by Crippen LogP contribution is -2.55. The fourth-order valence-electron chi connectivity index (χ4n) is 5.14. The fraction of sp³-hybridized carbons (Fsp3) is 0.357. The molecule has 2 aromatic heterocycles. The van der Waals surface area contributed by atoms with Crippen molar-refractivity contribution in [3.05, 3.63) is 77.0 Å². The summed E-state index contributed by atoms with van der Waals surface area (Å²) in [6.45, 7) is 4.86. The Balaban J connectivity index is 1.10. The Kier molecular flexibility index (Phi) is 6.21. The molecule has 0 spiro atoms. The SMILES string of the molecule is NC1CN(c2ccnc(CC(=O)Cc3ccc(C4=Cc5c(ncnc5N5CCOCC5)C4)cc3)c2)C1. The molecule has 2 saturated heterocycles. The molecule has 0 saturated carbocycles. The largest absolute Gasteiger partial charge is 0.378 e. The third-order valence-corrected chi connectivity index (χ3v) is 7.11. The van der Waals surface area contributed by atoms with Crippen LogP contribution in [0.5, 0.6) is 0 Å². The molecule has 4 heterocycles. The van der Waals surface area contributed by atoms with E-state index in [2.05, 4.69) is 55.1 Å². The van der Waals surface area contributed by atoms with Crippen LogP contribution in [0.2, 0.25) is 0 Å². The third kappa shape index (κ3) is 4.74. The predicted molar refractivity (Wildman–Crippen MR) is 140 cm³/mol. The summed E-state index contributed by atoms with van der Waals surface area (Å²) >= 11 is 0. The molecule has 0 unspecified atom stereocenters. The van der Waals surface area contributed by atoms with Crippen LogP contribution in [-0.2, 0) is 28.8 Å². The van der Waals surface area contributed by atoms with Crippen molar-refractivity contribution >= 4 is 28.9 Å². The van der Waals surface area contributed by atoms with Crippen LogP contribution in [-0.4, -0.2) is 66.2 Å². The third-order valence-electron chi connectivity index (χ3n) is 7.11. The quantitative estimate of drug-likeness (QED) is 0.548. The second kappa shape index (κ2) is 9.79. The summed E-state index contributed by atoms with van der Waals surface area (Å²) < 4.78 is 5.49. The van der Waals surface area contributed by atoms with Gasteiger partial charge in [0, 0.05) is 74.6 Å². The van der Waals surface area contributed by atoms with E-state index in [0.29, 0.717) is 12.8 Å². The smallest absolute Gasteiger partial charge is 0.143 e. The maximum atomic E-state index is 12.8. The van der Waals surface area contributed by atoms with Gasteiger partial charge in [-0.3, -0.25) is 9.78 Å². The molecule has 3 aromatic rings. The topological polar surface area (TPSA) is 97.5 Å². The molecule has 2 fully saturated rings. The van der Waals surface area contributed by atoms with Crippen LogP contribution in [0, 0.1) is 0 Å². The number of morpholine rings is 1. The Labute approximate surface area is 210 Å². The molecule has 6 rings (SSSR count). The molecule has 1 aliphatic carbocycles. The first kappa shape index (κ1) is 22.8. The number of allylic oxidation sites excluding steroid dienone is 1. The summed E-state index contributed by atoms with van der Waals surface area (Å²) in [5.41, 5.74) is 13.4. The zero-order chi connectivity index (χ0) is 24.5. The van der Waals surface area contributed by atoms with Crippen LogP contribution in [0.3, 0.4) is 0 Å². The minimum Gasteiger partial charge on any atom is -0.378 e. The average Bonchev–Trinajstić information content (AvgIpc) is 3.32. The number of Topliss-reactive ketones (excluding diaryl/α,β-unsaturated/α-hetero) is 1. The van der Waals surface area contributed by atoms with Crippen LogP contribution < -0.4 is 15.5 Å². The first-order valence-electron chi connectivity index (χ1n) is 12.6. The summed E-state index contributed by atoms with van der Waals surface area (Å²) in [4.78, 5) is 30.8. The number of aromatic nitrogens is 3. The highest BCUT2D eigenvalue weighted by atomic mass is 16.5. The van der Waals surface area contributed by atoms with Crippen LogP contribution in [0.25, 0.3) is 11.6 Å². The van der Waals surface area contributed by atoms with Crippen LogP contribution >= 0.6 is 0 Å². The van der Waals surface area contributed by atoms with Crippen molar-refractivity contribution in [2.75, 3.05) is 49.2 Å². The molecule has 3 aliphatic rings. The number of nitrogens with zero attached hydrogens (tertiary/aromatic N) is 5. The van der Waals surface area contributed by atoms with Gasteiger partial charge in [0.05, 0.1) is 18.9 Å². The second-order valence-electron chi connectivity index (χ2n) is 9.76. The van der Waals surface area contributed by atoms with Crippen molar-refractivity contribution in [2.45, 2.75) is 25.3 Å². The van der Waals surface area contributed by atoms with Gasteiger partial charge in [-0.15, -0.1) is 0 Å². The minimum absolute atomic E-state index is 0.158. The number of fused-ring (bicyclic) bond motifs is 1. The van der Waals surface area contributed by atoms with Gasteiger partial charge in [0.1, 0.15) is 17.9 Å². The van der Waals surface area contributed by atoms with E-state index in [0.717, 1.165) is 85.4 Å². The molecule has 0 radical (unpaired) electrons. The van der Waals surface area contributed by atoms with Gasteiger partial charge in [0.25, 0.3) is 0 Å². The van der Waals surface area contributed by atoms with Crippen molar-refractivity contribution in [2.24, 2.45) is 5.73 Å². The molecule has 1 aromatic carbocycles.